The Morgan fingerprint density at radius 2 is 0.914 bits per heavy atom. The zero-order valence-corrected chi connectivity index (χ0v) is 46.3. The van der Waals surface area contributed by atoms with Crippen LogP contribution in [0, 0.1) is 0 Å². The number of carbonyl (C=O) groups is 12. The zero-order chi connectivity index (χ0) is 60.2. The summed E-state index contributed by atoms with van der Waals surface area (Å²) in [7, 11) is 0. The number of hydrogen-bond donors (Lipinski definition) is 3. The summed E-state index contributed by atoms with van der Waals surface area (Å²) in [6, 6.07) is 9.11. The van der Waals surface area contributed by atoms with Gasteiger partial charge in [0.25, 0.3) is 0 Å². The molecule has 1 aromatic rings. The molecule has 3 rings (SSSR count). The van der Waals surface area contributed by atoms with Gasteiger partial charge in [0.15, 0.2) is 49.2 Å². The molecule has 452 valence electrons. The average Bonchev–Trinajstić information content (AvgIpc) is 3.36. The molecule has 10 atom stereocenters. The fourth-order valence-electron chi connectivity index (χ4n) is 8.09. The molecule has 3 N–H and O–H groups in total. The maximum Gasteiger partial charge on any atom is 0.407 e. The van der Waals surface area contributed by atoms with Crippen molar-refractivity contribution in [3.05, 3.63) is 35.9 Å². The second-order valence-corrected chi connectivity index (χ2v) is 18.2. The van der Waals surface area contributed by atoms with Crippen LogP contribution in [0.5, 0.6) is 0 Å². The van der Waals surface area contributed by atoms with Crippen molar-refractivity contribution in [3.63, 3.8) is 0 Å². The van der Waals surface area contributed by atoms with Crippen LogP contribution in [0.2, 0.25) is 0 Å². The first-order valence-corrected chi connectivity index (χ1v) is 25.6. The number of rotatable bonds is 32. The Kier molecular flexibility index (Phi) is 29.5. The minimum absolute atomic E-state index is 0.0994. The van der Waals surface area contributed by atoms with Crippen LogP contribution in [0.15, 0.2) is 30.3 Å². The highest BCUT2D eigenvalue weighted by Crippen LogP contribution is 2.32. The van der Waals surface area contributed by atoms with Crippen LogP contribution in [0.25, 0.3) is 0 Å². The summed E-state index contributed by atoms with van der Waals surface area (Å²) in [5.74, 6) is -9.91. The van der Waals surface area contributed by atoms with Crippen molar-refractivity contribution in [2.75, 3.05) is 72.2 Å². The van der Waals surface area contributed by atoms with Crippen LogP contribution in [-0.2, 0) is 121 Å². The van der Waals surface area contributed by atoms with E-state index in [9.17, 15) is 62.6 Å². The normalized spacial score (nSPS) is 22.1. The van der Waals surface area contributed by atoms with Gasteiger partial charge in [-0.05, 0) is 24.8 Å². The maximum absolute atomic E-state index is 14.4. The molecule has 81 heavy (non-hydrogen) atoms. The van der Waals surface area contributed by atoms with Crippen molar-refractivity contribution in [2.24, 2.45) is 0 Å². The molecule has 1 aromatic carbocycles. The molecule has 2 saturated heterocycles. The first-order valence-electron chi connectivity index (χ1n) is 25.6. The Bertz CT molecular complexity index is 2210. The molecule has 2 heterocycles. The number of unbranched alkanes of at least 4 members (excludes halogenated alkanes) is 2. The lowest BCUT2D eigenvalue weighted by Crippen LogP contribution is -2.63. The van der Waals surface area contributed by atoms with Crippen LogP contribution in [0.4, 0.5) is 4.79 Å². The first kappa shape index (κ1) is 67.7. The van der Waals surface area contributed by atoms with Crippen molar-refractivity contribution < 1.29 is 124 Å². The number of hydrogen-bond acceptors (Lipinski definition) is 26. The molecule has 0 aliphatic carbocycles. The van der Waals surface area contributed by atoms with Gasteiger partial charge in [0, 0.05) is 81.6 Å². The summed E-state index contributed by atoms with van der Waals surface area (Å²) in [5, 5.41) is 15.2. The quantitative estimate of drug-likeness (QED) is 0.0470. The van der Waals surface area contributed by atoms with Gasteiger partial charge in [-0.25, -0.2) is 4.79 Å². The number of alkyl carbamates (subject to hydrolysis) is 1. The third kappa shape index (κ3) is 26.1. The monoisotopic (exact) mass is 1160 g/mol. The number of carboxylic acids is 1. The Labute approximate surface area is 466 Å². The summed E-state index contributed by atoms with van der Waals surface area (Å²) >= 11 is 0. The van der Waals surface area contributed by atoms with Gasteiger partial charge >= 0.3 is 59.8 Å². The first-order chi connectivity index (χ1) is 38.3. The number of nitrogens with one attached hydrogen (secondary N) is 2. The lowest BCUT2D eigenvalue weighted by Gasteiger charge is -2.44. The molecule has 0 spiro atoms. The maximum atomic E-state index is 14.4. The highest BCUT2D eigenvalue weighted by atomic mass is 16.7. The molecule has 2 aliphatic heterocycles. The second-order valence-electron chi connectivity index (χ2n) is 18.2. The topological polar surface area (TPSA) is 376 Å². The SMILES string of the molecule is CC(=O)OC[C@H]1O[C@H](OCCN(CCO[C@H]2O[C@H](COC(C)=O)[C@@H](OC(C)=O)[C@H](OC(C)=O)[C@@H]2OC(C)=O)C(=O)CN(CC(=O)O)CC(=O)NCCCCCNC(=O)OCc2ccccc2)[C@@H](OC(C)=O)[C@@H](OC(C)=O)[C@@H]1OC(C)=O. The number of carboxylic acid groups (broad SMARTS) is 1. The zero-order valence-electron chi connectivity index (χ0n) is 46.3. The van der Waals surface area contributed by atoms with Crippen molar-refractivity contribution in [1.82, 2.24) is 20.4 Å². The van der Waals surface area contributed by atoms with Crippen LogP contribution >= 0.6 is 0 Å². The molecule has 0 saturated carbocycles. The highest BCUT2D eigenvalue weighted by Gasteiger charge is 2.54. The third-order valence-electron chi connectivity index (χ3n) is 11.3. The Morgan fingerprint density at radius 3 is 1.33 bits per heavy atom. The van der Waals surface area contributed by atoms with Gasteiger partial charge in [0.05, 0.1) is 32.8 Å². The summed E-state index contributed by atoms with van der Waals surface area (Å²) in [6.45, 7) is 3.60. The number of carbonyl (C=O) groups excluding carboxylic acids is 11. The summed E-state index contributed by atoms with van der Waals surface area (Å²) in [5.41, 5.74) is 0.821. The highest BCUT2D eigenvalue weighted by molar-refractivity contribution is 5.82. The molecular formula is C51H72N4O26. The molecular weight excluding hydrogens is 1080 g/mol. The number of nitrogens with zero attached hydrogens (tertiary/aromatic N) is 2. The summed E-state index contributed by atoms with van der Waals surface area (Å²) in [4.78, 5) is 152. The van der Waals surface area contributed by atoms with Crippen LogP contribution in [0.3, 0.4) is 0 Å². The van der Waals surface area contributed by atoms with E-state index in [4.69, 9.17) is 61.6 Å². The standard InChI is InChI=1S/C51H72N4O26/c1-29(56)71-27-38-43(74-31(3)58)45(76-33(5)60)47(78-35(7)62)49(80-38)69-21-19-55(20-22-70-50-48(79-36(8)63)46(77-34(6)61)44(75-32(4)59)39(81-50)28-72-30(2)57)41(65)24-54(25-42(66)67)23-40(64)52-17-13-10-14-18-53-51(68)73-26-37-15-11-9-12-16-37/h9,11-12,15-16,38-39,43-50H,10,13-14,17-28H2,1-8H3,(H,52,64)(H,53,68)(H,66,67)/t38-,39-,43-,44-,45+,46+,47+,48+,49+,50+/m1/s1. The molecule has 2 fully saturated rings. The van der Waals surface area contributed by atoms with Gasteiger partial charge in [-0.2, -0.15) is 0 Å². The van der Waals surface area contributed by atoms with Crippen molar-refractivity contribution in [3.8, 4) is 0 Å². The van der Waals surface area contributed by atoms with Crippen molar-refractivity contribution in [2.45, 2.75) is 143 Å². The predicted octanol–water partition coefficient (Wildman–Crippen LogP) is -0.386. The van der Waals surface area contributed by atoms with Crippen LogP contribution in [0.1, 0.15) is 80.2 Å². The number of aliphatic carboxylic acids is 1. The molecule has 3 amide bonds. The van der Waals surface area contributed by atoms with E-state index in [0.717, 1.165) is 70.8 Å². The van der Waals surface area contributed by atoms with E-state index in [1.54, 1.807) is 0 Å². The number of benzene rings is 1. The van der Waals surface area contributed by atoms with E-state index in [2.05, 4.69) is 10.6 Å². The molecule has 30 heteroatoms. The molecule has 30 nitrogen and oxygen atoms in total. The Hall–Kier alpha value is -7.54. The van der Waals surface area contributed by atoms with Gasteiger partial charge in [0.1, 0.15) is 32.0 Å². The Morgan fingerprint density at radius 1 is 0.494 bits per heavy atom. The van der Waals surface area contributed by atoms with E-state index in [-0.39, 0.29) is 13.2 Å². The summed E-state index contributed by atoms with van der Waals surface area (Å²) in [6.07, 6.45) is -14.8. The largest absolute Gasteiger partial charge is 0.480 e. The molecule has 0 bridgehead atoms. The Balaban J connectivity index is 1.88. The van der Waals surface area contributed by atoms with E-state index >= 15 is 0 Å². The lowest BCUT2D eigenvalue weighted by molar-refractivity contribution is -0.309. The lowest BCUT2D eigenvalue weighted by atomic mass is 9.98. The fraction of sp³-hybridized carbons (Fsp3) is 0.647. The molecule has 2 aliphatic rings. The van der Waals surface area contributed by atoms with Crippen molar-refractivity contribution >= 4 is 71.6 Å². The van der Waals surface area contributed by atoms with Gasteiger partial charge in [-0.3, -0.25) is 57.6 Å². The number of amides is 3. The minimum Gasteiger partial charge on any atom is -0.480 e. The fourth-order valence-corrected chi connectivity index (χ4v) is 8.09. The van der Waals surface area contributed by atoms with E-state index in [1.807, 2.05) is 30.3 Å². The molecule has 0 radical (unpaired) electrons. The number of esters is 8. The van der Waals surface area contributed by atoms with E-state index in [0.29, 0.717) is 25.8 Å². The predicted molar refractivity (Wildman–Crippen MR) is 268 cm³/mol. The second kappa shape index (κ2) is 35.2. The molecule has 0 unspecified atom stereocenters. The van der Waals surface area contributed by atoms with Crippen molar-refractivity contribution in [1.29, 1.82) is 0 Å². The van der Waals surface area contributed by atoms with Crippen LogP contribution < -0.4 is 10.6 Å². The van der Waals surface area contributed by atoms with Gasteiger partial charge in [-0.15, -0.1) is 0 Å². The number of ether oxygens (including phenoxy) is 13. The average molecular weight is 1160 g/mol. The van der Waals surface area contributed by atoms with Gasteiger partial charge in [0.2, 0.25) is 11.8 Å². The van der Waals surface area contributed by atoms with E-state index < -0.39 is 192 Å². The van der Waals surface area contributed by atoms with Crippen LogP contribution in [-0.4, -0.2) is 220 Å². The smallest absolute Gasteiger partial charge is 0.407 e. The molecule has 0 aromatic heterocycles. The third-order valence-corrected chi connectivity index (χ3v) is 11.3. The minimum atomic E-state index is -1.69. The summed E-state index contributed by atoms with van der Waals surface area (Å²) < 4.78 is 72.2. The van der Waals surface area contributed by atoms with Gasteiger partial charge in [-0.1, -0.05) is 30.3 Å². The van der Waals surface area contributed by atoms with E-state index in [1.165, 1.54) is 0 Å². The van der Waals surface area contributed by atoms with Gasteiger partial charge < -0.3 is 82.2 Å².